The minimum absolute atomic E-state index is 0.0512. The Bertz CT molecular complexity index is 757. The van der Waals surface area contributed by atoms with Gasteiger partial charge in [0.25, 0.3) is 5.91 Å². The third kappa shape index (κ3) is 6.11. The molecular weight excluding hydrogens is 342 g/mol. The zero-order valence-electron chi connectivity index (χ0n) is 16.4. The van der Waals surface area contributed by atoms with Gasteiger partial charge in [-0.3, -0.25) is 14.5 Å². The number of nitrogens with zero attached hydrogens (tertiary/aromatic N) is 2. The van der Waals surface area contributed by atoms with Gasteiger partial charge in [0.15, 0.2) is 0 Å². The van der Waals surface area contributed by atoms with Crippen molar-refractivity contribution in [3.05, 3.63) is 65.2 Å². The second kappa shape index (κ2) is 9.73. The molecule has 2 rings (SSSR count). The molecule has 6 nitrogen and oxygen atoms in total. The molecule has 144 valence electrons. The molecule has 0 atom stereocenters. The molecule has 0 aliphatic heterocycles. The highest BCUT2D eigenvalue weighted by atomic mass is 16.5. The molecule has 0 aliphatic carbocycles. The Balaban J connectivity index is 1.85. The molecule has 0 saturated heterocycles. The first kappa shape index (κ1) is 20.5. The molecule has 0 fully saturated rings. The first-order valence-electron chi connectivity index (χ1n) is 8.79. The Morgan fingerprint density at radius 3 is 2.04 bits per heavy atom. The lowest BCUT2D eigenvalue weighted by molar-refractivity contribution is -0.131. The normalized spacial score (nSPS) is 10.6. The summed E-state index contributed by atoms with van der Waals surface area (Å²) in [5.74, 6) is 0.746. The van der Waals surface area contributed by atoms with Crippen LogP contribution in [-0.2, 0) is 17.9 Å². The van der Waals surface area contributed by atoms with Crippen molar-refractivity contribution in [2.45, 2.75) is 13.1 Å². The number of carbonyl (C=O) groups excluding carboxylic acids is 2. The highest BCUT2D eigenvalue weighted by Crippen LogP contribution is 2.13. The standard InChI is InChI=1S/C21H27N3O3/c1-22-21(26)18-9-5-16(6-10-18)13-23(2)15-20(25)24(3)14-17-7-11-19(27-4)12-8-17/h5-12H,13-15H2,1-4H3,(H,22,26). The molecule has 0 saturated carbocycles. The topological polar surface area (TPSA) is 61.9 Å². The second-order valence-corrected chi connectivity index (χ2v) is 6.55. The fourth-order valence-electron chi connectivity index (χ4n) is 2.72. The molecule has 0 bridgehead atoms. The molecule has 2 aromatic rings. The van der Waals surface area contributed by atoms with Crippen LogP contribution in [-0.4, -0.2) is 56.4 Å². The van der Waals surface area contributed by atoms with E-state index in [4.69, 9.17) is 4.74 Å². The Labute approximate surface area is 160 Å². The average molecular weight is 369 g/mol. The van der Waals surface area contributed by atoms with Crippen molar-refractivity contribution in [2.24, 2.45) is 0 Å². The van der Waals surface area contributed by atoms with Gasteiger partial charge < -0.3 is 15.0 Å². The van der Waals surface area contributed by atoms with E-state index in [9.17, 15) is 9.59 Å². The molecule has 0 aliphatic rings. The van der Waals surface area contributed by atoms with Crippen molar-refractivity contribution in [3.8, 4) is 5.75 Å². The van der Waals surface area contributed by atoms with Crippen molar-refractivity contribution in [2.75, 3.05) is 34.8 Å². The molecule has 6 heteroatoms. The van der Waals surface area contributed by atoms with E-state index in [0.29, 0.717) is 25.2 Å². The summed E-state index contributed by atoms with van der Waals surface area (Å²) in [5, 5.41) is 2.60. The fourth-order valence-corrected chi connectivity index (χ4v) is 2.72. The van der Waals surface area contributed by atoms with Gasteiger partial charge in [-0.2, -0.15) is 0 Å². The number of amides is 2. The SMILES string of the molecule is CNC(=O)c1ccc(CN(C)CC(=O)N(C)Cc2ccc(OC)cc2)cc1. The van der Waals surface area contributed by atoms with E-state index in [2.05, 4.69) is 5.32 Å². The van der Waals surface area contributed by atoms with Gasteiger partial charge in [-0.05, 0) is 42.4 Å². The predicted molar refractivity (Wildman–Crippen MR) is 106 cm³/mol. The molecule has 2 aromatic carbocycles. The van der Waals surface area contributed by atoms with E-state index in [-0.39, 0.29) is 11.8 Å². The van der Waals surface area contributed by atoms with Crippen molar-refractivity contribution < 1.29 is 14.3 Å². The summed E-state index contributed by atoms with van der Waals surface area (Å²) in [6, 6.07) is 15.1. The van der Waals surface area contributed by atoms with E-state index in [1.807, 2.05) is 48.3 Å². The monoisotopic (exact) mass is 369 g/mol. The number of ether oxygens (including phenoxy) is 1. The first-order chi connectivity index (χ1) is 12.9. The van der Waals surface area contributed by atoms with Crippen LogP contribution in [0.25, 0.3) is 0 Å². The first-order valence-corrected chi connectivity index (χ1v) is 8.79. The van der Waals surface area contributed by atoms with Gasteiger partial charge in [0.2, 0.25) is 5.91 Å². The van der Waals surface area contributed by atoms with E-state index in [1.165, 1.54) is 0 Å². The summed E-state index contributed by atoms with van der Waals surface area (Å²) in [4.78, 5) is 27.7. The van der Waals surface area contributed by atoms with Gasteiger partial charge in [0, 0.05) is 32.7 Å². The van der Waals surface area contributed by atoms with Crippen LogP contribution in [0.1, 0.15) is 21.5 Å². The summed E-state index contributed by atoms with van der Waals surface area (Å²) in [7, 11) is 6.95. The van der Waals surface area contributed by atoms with Crippen molar-refractivity contribution in [3.63, 3.8) is 0 Å². The van der Waals surface area contributed by atoms with Gasteiger partial charge in [-0.1, -0.05) is 24.3 Å². The number of likely N-dealkylation sites (N-methyl/N-ethyl adjacent to an activating group) is 2. The second-order valence-electron chi connectivity index (χ2n) is 6.55. The maximum atomic E-state index is 12.5. The van der Waals surface area contributed by atoms with E-state index in [0.717, 1.165) is 16.9 Å². The Morgan fingerprint density at radius 1 is 0.926 bits per heavy atom. The summed E-state index contributed by atoms with van der Waals surface area (Å²) in [6.45, 7) is 1.51. The minimum atomic E-state index is -0.106. The summed E-state index contributed by atoms with van der Waals surface area (Å²) in [6.07, 6.45) is 0. The number of nitrogens with one attached hydrogen (secondary N) is 1. The molecule has 2 amide bonds. The maximum Gasteiger partial charge on any atom is 0.251 e. The van der Waals surface area contributed by atoms with E-state index < -0.39 is 0 Å². The lowest BCUT2D eigenvalue weighted by atomic mass is 10.1. The van der Waals surface area contributed by atoms with Gasteiger partial charge in [0.05, 0.1) is 13.7 Å². The Morgan fingerprint density at radius 2 is 1.48 bits per heavy atom. The average Bonchev–Trinajstić information content (AvgIpc) is 2.68. The van der Waals surface area contributed by atoms with Gasteiger partial charge in [-0.15, -0.1) is 0 Å². The lowest BCUT2D eigenvalue weighted by Crippen LogP contribution is -2.36. The predicted octanol–water partition coefficient (Wildman–Crippen LogP) is 2.15. The van der Waals surface area contributed by atoms with Crippen LogP contribution < -0.4 is 10.1 Å². The van der Waals surface area contributed by atoms with Gasteiger partial charge >= 0.3 is 0 Å². The molecule has 0 aromatic heterocycles. The van der Waals surface area contributed by atoms with E-state index in [1.54, 1.807) is 38.2 Å². The zero-order chi connectivity index (χ0) is 19.8. The Hall–Kier alpha value is -2.86. The number of carbonyl (C=O) groups is 2. The van der Waals surface area contributed by atoms with Crippen LogP contribution in [0.5, 0.6) is 5.75 Å². The summed E-state index contributed by atoms with van der Waals surface area (Å²) >= 11 is 0. The van der Waals surface area contributed by atoms with Crippen molar-refractivity contribution in [1.82, 2.24) is 15.1 Å². The number of hydrogen-bond donors (Lipinski definition) is 1. The number of rotatable bonds is 8. The van der Waals surface area contributed by atoms with Gasteiger partial charge in [0.1, 0.15) is 5.75 Å². The molecular formula is C21H27N3O3. The number of hydrogen-bond acceptors (Lipinski definition) is 4. The number of methoxy groups -OCH3 is 1. The third-order valence-corrected chi connectivity index (χ3v) is 4.31. The quantitative estimate of drug-likeness (QED) is 0.774. The lowest BCUT2D eigenvalue weighted by Gasteiger charge is -2.22. The highest BCUT2D eigenvalue weighted by Gasteiger charge is 2.13. The molecule has 1 N–H and O–H groups in total. The largest absolute Gasteiger partial charge is 0.497 e. The third-order valence-electron chi connectivity index (χ3n) is 4.31. The summed E-state index contributed by atoms with van der Waals surface area (Å²) < 4.78 is 5.15. The smallest absolute Gasteiger partial charge is 0.251 e. The van der Waals surface area contributed by atoms with Crippen LogP contribution in [0.2, 0.25) is 0 Å². The number of benzene rings is 2. The van der Waals surface area contributed by atoms with Crippen LogP contribution in [0.3, 0.4) is 0 Å². The zero-order valence-corrected chi connectivity index (χ0v) is 16.4. The molecule has 0 spiro atoms. The van der Waals surface area contributed by atoms with Gasteiger partial charge in [-0.25, -0.2) is 0 Å². The van der Waals surface area contributed by atoms with Crippen molar-refractivity contribution >= 4 is 11.8 Å². The minimum Gasteiger partial charge on any atom is -0.497 e. The van der Waals surface area contributed by atoms with Crippen LogP contribution in [0, 0.1) is 0 Å². The molecule has 0 unspecified atom stereocenters. The highest BCUT2D eigenvalue weighted by molar-refractivity contribution is 5.93. The van der Waals surface area contributed by atoms with E-state index >= 15 is 0 Å². The molecule has 0 heterocycles. The van der Waals surface area contributed by atoms with Crippen molar-refractivity contribution in [1.29, 1.82) is 0 Å². The van der Waals surface area contributed by atoms with Crippen LogP contribution in [0.15, 0.2) is 48.5 Å². The van der Waals surface area contributed by atoms with Crippen LogP contribution >= 0.6 is 0 Å². The fraction of sp³-hybridized carbons (Fsp3) is 0.333. The molecule has 27 heavy (non-hydrogen) atoms. The van der Waals surface area contributed by atoms with Crippen LogP contribution in [0.4, 0.5) is 0 Å². The molecule has 0 radical (unpaired) electrons. The summed E-state index contributed by atoms with van der Waals surface area (Å²) in [5.41, 5.74) is 2.73. The maximum absolute atomic E-state index is 12.5. The Kier molecular flexibility index (Phi) is 7.37.